The van der Waals surface area contributed by atoms with Crippen LogP contribution in [-0.2, 0) is 0 Å². The number of rotatable bonds is 7. The zero-order chi connectivity index (χ0) is 14.4. The molecule has 106 valence electrons. The fourth-order valence-corrected chi connectivity index (χ4v) is 2.06. The summed E-state index contributed by atoms with van der Waals surface area (Å²) in [6.07, 6.45) is 2.39. The number of nitrogens with zero attached hydrogens (tertiary/aromatic N) is 3. The second-order valence-electron chi connectivity index (χ2n) is 5.36. The quantitative estimate of drug-likeness (QED) is 0.606. The van der Waals surface area contributed by atoms with Gasteiger partial charge in [-0.1, -0.05) is 13.8 Å². The molecular weight excluding hydrogens is 244 g/mol. The summed E-state index contributed by atoms with van der Waals surface area (Å²) in [6.45, 7) is 5.11. The van der Waals surface area contributed by atoms with Crippen LogP contribution in [0.25, 0.3) is 0 Å². The van der Waals surface area contributed by atoms with Gasteiger partial charge in [-0.15, -0.1) is 0 Å². The Bertz CT molecular complexity index is 411. The van der Waals surface area contributed by atoms with Gasteiger partial charge in [0.25, 0.3) is 0 Å². The molecule has 1 rings (SSSR count). The summed E-state index contributed by atoms with van der Waals surface area (Å²) < 4.78 is 0. The SMILES string of the molecule is CC(C)CC(CN(C)C)Nc1cccnc1[N+](=O)[O-]. The molecule has 1 atom stereocenters. The maximum atomic E-state index is 10.9. The molecule has 0 aliphatic carbocycles. The molecule has 0 radical (unpaired) electrons. The van der Waals surface area contributed by atoms with Crippen molar-refractivity contribution in [1.29, 1.82) is 0 Å². The van der Waals surface area contributed by atoms with Crippen LogP contribution in [-0.4, -0.2) is 41.5 Å². The van der Waals surface area contributed by atoms with Crippen LogP contribution in [0.2, 0.25) is 0 Å². The molecule has 0 saturated carbocycles. The first-order valence-corrected chi connectivity index (χ1v) is 6.40. The summed E-state index contributed by atoms with van der Waals surface area (Å²) in [6, 6.07) is 3.57. The summed E-state index contributed by atoms with van der Waals surface area (Å²) >= 11 is 0. The molecule has 1 unspecified atom stereocenters. The molecular formula is C13H22N4O2. The molecule has 1 heterocycles. The van der Waals surface area contributed by atoms with E-state index in [0.717, 1.165) is 13.0 Å². The van der Waals surface area contributed by atoms with Gasteiger partial charge in [0.1, 0.15) is 11.9 Å². The number of nitrogens with one attached hydrogen (secondary N) is 1. The van der Waals surface area contributed by atoms with Crippen LogP contribution in [0.3, 0.4) is 0 Å². The summed E-state index contributed by atoms with van der Waals surface area (Å²) in [7, 11) is 3.99. The average molecular weight is 266 g/mol. The lowest BCUT2D eigenvalue weighted by atomic mass is 10.0. The predicted octanol–water partition coefficient (Wildman–Crippen LogP) is 2.38. The van der Waals surface area contributed by atoms with E-state index in [0.29, 0.717) is 11.6 Å². The van der Waals surface area contributed by atoms with Gasteiger partial charge < -0.3 is 20.3 Å². The first-order valence-electron chi connectivity index (χ1n) is 6.40. The number of aromatic nitrogens is 1. The van der Waals surface area contributed by atoms with E-state index < -0.39 is 4.92 Å². The highest BCUT2D eigenvalue weighted by atomic mass is 16.6. The van der Waals surface area contributed by atoms with Gasteiger partial charge in [0.2, 0.25) is 0 Å². The number of hydrogen-bond acceptors (Lipinski definition) is 5. The molecule has 0 bridgehead atoms. The van der Waals surface area contributed by atoms with E-state index in [2.05, 4.69) is 29.0 Å². The van der Waals surface area contributed by atoms with Crippen molar-refractivity contribution in [3.63, 3.8) is 0 Å². The van der Waals surface area contributed by atoms with Crippen molar-refractivity contribution in [3.05, 3.63) is 28.4 Å². The van der Waals surface area contributed by atoms with Crippen LogP contribution in [0.15, 0.2) is 18.3 Å². The Hall–Kier alpha value is -1.69. The van der Waals surface area contributed by atoms with Crippen LogP contribution < -0.4 is 5.32 Å². The number of pyridine rings is 1. The third kappa shape index (κ3) is 5.21. The van der Waals surface area contributed by atoms with Crippen molar-refractivity contribution in [2.75, 3.05) is 26.0 Å². The minimum atomic E-state index is -0.454. The standard InChI is InChI=1S/C13H22N4O2/c1-10(2)8-11(9-16(3)4)15-12-6-5-7-14-13(12)17(18)19/h5-7,10-11,15H,8-9H2,1-4H3. The Balaban J connectivity index is 2.86. The molecule has 0 aliphatic heterocycles. The van der Waals surface area contributed by atoms with Crippen LogP contribution in [0.1, 0.15) is 20.3 Å². The lowest BCUT2D eigenvalue weighted by Gasteiger charge is -2.24. The molecule has 0 spiro atoms. The average Bonchev–Trinajstić information content (AvgIpc) is 2.27. The van der Waals surface area contributed by atoms with Gasteiger partial charge >= 0.3 is 5.82 Å². The van der Waals surface area contributed by atoms with Crippen LogP contribution >= 0.6 is 0 Å². The van der Waals surface area contributed by atoms with E-state index in [1.54, 1.807) is 12.1 Å². The van der Waals surface area contributed by atoms with Gasteiger partial charge in [0.15, 0.2) is 0 Å². The maximum absolute atomic E-state index is 10.9. The van der Waals surface area contributed by atoms with Gasteiger partial charge in [-0.2, -0.15) is 0 Å². The fraction of sp³-hybridized carbons (Fsp3) is 0.615. The van der Waals surface area contributed by atoms with Crippen molar-refractivity contribution < 1.29 is 4.92 Å². The lowest BCUT2D eigenvalue weighted by molar-refractivity contribution is -0.388. The Labute approximate surface area is 114 Å². The van der Waals surface area contributed by atoms with E-state index in [-0.39, 0.29) is 11.9 Å². The predicted molar refractivity (Wildman–Crippen MR) is 76.3 cm³/mol. The van der Waals surface area contributed by atoms with Crippen LogP contribution in [0.5, 0.6) is 0 Å². The monoisotopic (exact) mass is 266 g/mol. The maximum Gasteiger partial charge on any atom is 0.386 e. The van der Waals surface area contributed by atoms with E-state index in [4.69, 9.17) is 0 Å². The Morgan fingerprint density at radius 1 is 1.47 bits per heavy atom. The highest BCUT2D eigenvalue weighted by molar-refractivity contribution is 5.57. The molecule has 19 heavy (non-hydrogen) atoms. The van der Waals surface area contributed by atoms with Crippen molar-refractivity contribution in [2.45, 2.75) is 26.3 Å². The normalized spacial score (nSPS) is 12.7. The Morgan fingerprint density at radius 2 is 2.16 bits per heavy atom. The number of hydrogen-bond donors (Lipinski definition) is 1. The van der Waals surface area contributed by atoms with Gasteiger partial charge in [-0.25, -0.2) is 0 Å². The largest absolute Gasteiger partial charge is 0.386 e. The Morgan fingerprint density at radius 3 is 2.68 bits per heavy atom. The number of anilines is 1. The molecule has 1 N–H and O–H groups in total. The third-order valence-electron chi connectivity index (χ3n) is 2.66. The van der Waals surface area contributed by atoms with Crippen molar-refractivity contribution in [2.24, 2.45) is 5.92 Å². The molecule has 0 aromatic carbocycles. The zero-order valence-corrected chi connectivity index (χ0v) is 12.0. The summed E-state index contributed by atoms with van der Waals surface area (Å²) in [5.74, 6) is 0.406. The molecule has 0 fully saturated rings. The smallest absolute Gasteiger partial charge is 0.374 e. The van der Waals surface area contributed by atoms with Crippen molar-refractivity contribution in [3.8, 4) is 0 Å². The van der Waals surface area contributed by atoms with E-state index in [1.807, 2.05) is 14.1 Å². The lowest BCUT2D eigenvalue weighted by Crippen LogP contribution is -2.33. The summed E-state index contributed by atoms with van der Waals surface area (Å²) in [4.78, 5) is 16.4. The van der Waals surface area contributed by atoms with Crippen LogP contribution in [0.4, 0.5) is 11.5 Å². The highest BCUT2D eigenvalue weighted by Gasteiger charge is 2.19. The zero-order valence-electron chi connectivity index (χ0n) is 12.0. The van der Waals surface area contributed by atoms with E-state index >= 15 is 0 Å². The molecule has 0 amide bonds. The minimum absolute atomic E-state index is 0.116. The Kier molecular flexibility index (Phi) is 5.69. The molecule has 0 saturated heterocycles. The number of nitro groups is 1. The number of likely N-dealkylation sites (N-methyl/N-ethyl adjacent to an activating group) is 1. The van der Waals surface area contributed by atoms with Gasteiger partial charge in [0.05, 0.1) is 0 Å². The van der Waals surface area contributed by atoms with Crippen molar-refractivity contribution in [1.82, 2.24) is 9.88 Å². The van der Waals surface area contributed by atoms with Crippen LogP contribution in [0, 0.1) is 16.0 Å². The first-order chi connectivity index (χ1) is 8.90. The molecule has 6 heteroatoms. The second kappa shape index (κ2) is 7.04. The summed E-state index contributed by atoms with van der Waals surface area (Å²) in [5.41, 5.74) is 0.486. The molecule has 1 aromatic heterocycles. The topological polar surface area (TPSA) is 71.3 Å². The molecule has 1 aromatic rings. The fourth-order valence-electron chi connectivity index (χ4n) is 2.06. The summed E-state index contributed by atoms with van der Waals surface area (Å²) in [5, 5.41) is 14.2. The van der Waals surface area contributed by atoms with E-state index in [9.17, 15) is 10.1 Å². The molecule has 0 aliphatic rings. The first kappa shape index (κ1) is 15.4. The van der Waals surface area contributed by atoms with Gasteiger partial charge in [-0.3, -0.25) is 0 Å². The second-order valence-corrected chi connectivity index (χ2v) is 5.36. The van der Waals surface area contributed by atoms with E-state index in [1.165, 1.54) is 6.20 Å². The van der Waals surface area contributed by atoms with Gasteiger partial charge in [-0.05, 0) is 48.5 Å². The highest BCUT2D eigenvalue weighted by Crippen LogP contribution is 2.22. The van der Waals surface area contributed by atoms with Crippen molar-refractivity contribution >= 4 is 11.5 Å². The molecule has 6 nitrogen and oxygen atoms in total. The minimum Gasteiger partial charge on any atom is -0.374 e. The third-order valence-corrected chi connectivity index (χ3v) is 2.66. The van der Waals surface area contributed by atoms with Gasteiger partial charge in [0, 0.05) is 12.6 Å².